The van der Waals surface area contributed by atoms with Crippen molar-refractivity contribution in [2.45, 2.75) is 0 Å². The molecule has 110 valence electrons. The number of hydrogen-bond acceptors (Lipinski definition) is 6. The number of para-hydroxylation sites is 1. The van der Waals surface area contributed by atoms with Crippen molar-refractivity contribution in [1.82, 2.24) is 4.98 Å². The normalized spacial score (nSPS) is 11.0. The standard InChI is InChI=1S/C14H15N3O4/c1-19-10-4-3-5-11(20-2)13(10)21-12-7-6-9(8-16-12)14(15)17-18/h3-8,18H,1-2H3,(H2,15,17). The highest BCUT2D eigenvalue weighted by Crippen LogP contribution is 2.39. The molecule has 1 aromatic heterocycles. The fourth-order valence-corrected chi connectivity index (χ4v) is 1.67. The SMILES string of the molecule is COc1cccc(OC)c1Oc1ccc(/C(N)=N/O)cn1. The third kappa shape index (κ3) is 3.14. The minimum absolute atomic E-state index is 0.0241. The predicted octanol–water partition coefficient (Wildman–Crippen LogP) is 1.99. The van der Waals surface area contributed by atoms with Gasteiger partial charge in [0.05, 0.1) is 14.2 Å². The first-order valence-electron chi connectivity index (χ1n) is 6.02. The molecule has 0 fully saturated rings. The van der Waals surface area contributed by atoms with Crippen LogP contribution >= 0.6 is 0 Å². The minimum atomic E-state index is -0.0241. The molecule has 7 nitrogen and oxygen atoms in total. The number of pyridine rings is 1. The van der Waals surface area contributed by atoms with Crippen molar-refractivity contribution in [3.63, 3.8) is 0 Å². The Balaban J connectivity index is 2.30. The molecule has 2 rings (SSSR count). The van der Waals surface area contributed by atoms with E-state index in [9.17, 15) is 0 Å². The number of hydrogen-bond donors (Lipinski definition) is 2. The zero-order valence-corrected chi connectivity index (χ0v) is 11.6. The first kappa shape index (κ1) is 14.4. The average molecular weight is 289 g/mol. The highest BCUT2D eigenvalue weighted by Gasteiger charge is 2.13. The Bertz CT molecular complexity index is 619. The van der Waals surface area contributed by atoms with Gasteiger partial charge in [0.1, 0.15) is 0 Å². The van der Waals surface area contributed by atoms with Crippen LogP contribution < -0.4 is 19.9 Å². The van der Waals surface area contributed by atoms with Crippen LogP contribution in [0.5, 0.6) is 23.1 Å². The highest BCUT2D eigenvalue weighted by molar-refractivity contribution is 5.96. The van der Waals surface area contributed by atoms with Crippen LogP contribution in [0.25, 0.3) is 0 Å². The van der Waals surface area contributed by atoms with Gasteiger partial charge in [-0.3, -0.25) is 0 Å². The van der Waals surface area contributed by atoms with Crippen LogP contribution in [-0.4, -0.2) is 30.2 Å². The van der Waals surface area contributed by atoms with Crippen LogP contribution in [0, 0.1) is 0 Å². The first-order chi connectivity index (χ1) is 10.2. The van der Waals surface area contributed by atoms with Gasteiger partial charge in [-0.2, -0.15) is 0 Å². The first-order valence-corrected chi connectivity index (χ1v) is 6.02. The van der Waals surface area contributed by atoms with E-state index < -0.39 is 0 Å². The highest BCUT2D eigenvalue weighted by atomic mass is 16.5. The molecule has 0 saturated heterocycles. The lowest BCUT2D eigenvalue weighted by atomic mass is 10.2. The van der Waals surface area contributed by atoms with E-state index in [1.807, 2.05) is 0 Å². The van der Waals surface area contributed by atoms with E-state index in [1.165, 1.54) is 20.4 Å². The summed E-state index contributed by atoms with van der Waals surface area (Å²) in [5.41, 5.74) is 5.95. The molecule has 7 heteroatoms. The molecule has 0 unspecified atom stereocenters. The number of benzene rings is 1. The smallest absolute Gasteiger partial charge is 0.219 e. The monoisotopic (exact) mass is 289 g/mol. The molecular weight excluding hydrogens is 274 g/mol. The topological polar surface area (TPSA) is 99.2 Å². The molecule has 0 aliphatic heterocycles. The molecule has 1 aromatic carbocycles. The Morgan fingerprint density at radius 2 is 1.81 bits per heavy atom. The van der Waals surface area contributed by atoms with E-state index in [-0.39, 0.29) is 5.84 Å². The molecule has 21 heavy (non-hydrogen) atoms. The summed E-state index contributed by atoms with van der Waals surface area (Å²) in [5, 5.41) is 11.5. The number of nitrogens with zero attached hydrogens (tertiary/aromatic N) is 2. The molecular formula is C14H15N3O4. The number of methoxy groups -OCH3 is 2. The number of aromatic nitrogens is 1. The van der Waals surface area contributed by atoms with Crippen LogP contribution in [0.3, 0.4) is 0 Å². The van der Waals surface area contributed by atoms with Gasteiger partial charge < -0.3 is 25.2 Å². The van der Waals surface area contributed by atoms with Gasteiger partial charge >= 0.3 is 0 Å². The van der Waals surface area contributed by atoms with Crippen molar-refractivity contribution in [1.29, 1.82) is 0 Å². The summed E-state index contributed by atoms with van der Waals surface area (Å²) in [5.74, 6) is 1.77. The maximum absolute atomic E-state index is 8.60. The number of oxime groups is 1. The van der Waals surface area contributed by atoms with Gasteiger partial charge in [0.2, 0.25) is 11.6 Å². The van der Waals surface area contributed by atoms with Crippen LogP contribution in [0.4, 0.5) is 0 Å². The van der Waals surface area contributed by atoms with Crippen LogP contribution in [-0.2, 0) is 0 Å². The summed E-state index contributed by atoms with van der Waals surface area (Å²) in [7, 11) is 3.08. The van der Waals surface area contributed by atoms with E-state index in [0.717, 1.165) is 0 Å². The maximum atomic E-state index is 8.60. The number of nitrogens with two attached hydrogens (primary N) is 1. The molecule has 0 atom stereocenters. The number of ether oxygens (including phenoxy) is 3. The van der Waals surface area contributed by atoms with E-state index in [2.05, 4.69) is 10.1 Å². The molecule has 0 aliphatic carbocycles. The summed E-state index contributed by atoms with van der Waals surface area (Å²) < 4.78 is 16.2. The second-order valence-electron chi connectivity index (χ2n) is 3.96. The molecule has 3 N–H and O–H groups in total. The number of amidine groups is 1. The largest absolute Gasteiger partial charge is 0.493 e. The zero-order valence-electron chi connectivity index (χ0n) is 11.6. The number of rotatable bonds is 5. The van der Waals surface area contributed by atoms with Gasteiger partial charge in [0.25, 0.3) is 0 Å². The van der Waals surface area contributed by atoms with Crippen molar-refractivity contribution in [3.05, 3.63) is 42.1 Å². The van der Waals surface area contributed by atoms with Crippen LogP contribution in [0.15, 0.2) is 41.7 Å². The van der Waals surface area contributed by atoms with Gasteiger partial charge in [-0.25, -0.2) is 4.98 Å². The fourth-order valence-electron chi connectivity index (χ4n) is 1.67. The third-order valence-electron chi connectivity index (χ3n) is 2.73. The Morgan fingerprint density at radius 3 is 2.29 bits per heavy atom. The van der Waals surface area contributed by atoms with Gasteiger partial charge in [0, 0.05) is 17.8 Å². The molecule has 0 radical (unpaired) electrons. The lowest BCUT2D eigenvalue weighted by Crippen LogP contribution is -2.13. The van der Waals surface area contributed by atoms with Crippen molar-refractivity contribution in [2.24, 2.45) is 10.9 Å². The summed E-state index contributed by atoms with van der Waals surface area (Å²) in [4.78, 5) is 4.09. The second kappa shape index (κ2) is 6.47. The Morgan fingerprint density at radius 1 is 1.14 bits per heavy atom. The van der Waals surface area contributed by atoms with Crippen LogP contribution in [0.2, 0.25) is 0 Å². The molecule has 2 aromatic rings. The quantitative estimate of drug-likeness (QED) is 0.378. The molecule has 0 amide bonds. The maximum Gasteiger partial charge on any atom is 0.219 e. The molecule has 0 bridgehead atoms. The molecule has 0 aliphatic rings. The Hall–Kier alpha value is -2.96. The average Bonchev–Trinajstić information content (AvgIpc) is 2.55. The summed E-state index contributed by atoms with van der Waals surface area (Å²) in [6.45, 7) is 0. The van der Waals surface area contributed by atoms with E-state index in [1.54, 1.807) is 30.3 Å². The second-order valence-corrected chi connectivity index (χ2v) is 3.96. The minimum Gasteiger partial charge on any atom is -0.493 e. The molecule has 1 heterocycles. The molecule has 0 spiro atoms. The van der Waals surface area contributed by atoms with Gasteiger partial charge in [0.15, 0.2) is 17.3 Å². The lowest BCUT2D eigenvalue weighted by molar-refractivity contribution is 0.318. The summed E-state index contributed by atoms with van der Waals surface area (Å²) >= 11 is 0. The van der Waals surface area contributed by atoms with Gasteiger partial charge in [-0.15, -0.1) is 0 Å². The third-order valence-corrected chi connectivity index (χ3v) is 2.73. The van der Waals surface area contributed by atoms with E-state index in [4.69, 9.17) is 25.2 Å². The van der Waals surface area contributed by atoms with Crippen molar-refractivity contribution in [3.8, 4) is 23.1 Å². The fraction of sp³-hybridized carbons (Fsp3) is 0.143. The van der Waals surface area contributed by atoms with Gasteiger partial charge in [-0.1, -0.05) is 11.2 Å². The zero-order chi connectivity index (χ0) is 15.2. The van der Waals surface area contributed by atoms with Crippen molar-refractivity contribution in [2.75, 3.05) is 14.2 Å². The summed E-state index contributed by atoms with van der Waals surface area (Å²) in [6.07, 6.45) is 1.44. The Labute approximate surface area is 121 Å². The van der Waals surface area contributed by atoms with Crippen LogP contribution in [0.1, 0.15) is 5.56 Å². The van der Waals surface area contributed by atoms with Crippen molar-refractivity contribution >= 4 is 5.84 Å². The van der Waals surface area contributed by atoms with E-state index in [0.29, 0.717) is 28.7 Å². The van der Waals surface area contributed by atoms with E-state index >= 15 is 0 Å². The Kier molecular flexibility index (Phi) is 4.45. The predicted molar refractivity (Wildman–Crippen MR) is 76.4 cm³/mol. The summed E-state index contributed by atoms with van der Waals surface area (Å²) in [6, 6.07) is 8.52. The van der Waals surface area contributed by atoms with Crippen molar-refractivity contribution < 1.29 is 19.4 Å². The molecule has 0 saturated carbocycles. The van der Waals surface area contributed by atoms with Gasteiger partial charge in [-0.05, 0) is 18.2 Å². The lowest BCUT2D eigenvalue weighted by Gasteiger charge is -2.13.